The minimum Gasteiger partial charge on any atom is -0.388 e. The fraction of sp³-hybridized carbons (Fsp3) is 0.643. The number of carbonyl (C=O) groups is 1. The minimum absolute atomic E-state index is 0.0586. The molecule has 0 bridgehead atoms. The van der Waals surface area contributed by atoms with Gasteiger partial charge in [-0.3, -0.25) is 4.79 Å². The average Bonchev–Trinajstić information content (AvgIpc) is 2.91. The molecule has 4 nitrogen and oxygen atoms in total. The van der Waals surface area contributed by atoms with Gasteiger partial charge < -0.3 is 14.7 Å². The lowest BCUT2D eigenvalue weighted by molar-refractivity contribution is -0.139. The van der Waals surface area contributed by atoms with Gasteiger partial charge in [-0.2, -0.15) is 0 Å². The second-order valence-corrected chi connectivity index (χ2v) is 6.06. The molecular weight excluding hydrogens is 262 g/mol. The molecule has 1 N–H and O–H groups in total. The van der Waals surface area contributed by atoms with Crippen LogP contribution in [-0.2, 0) is 16.0 Å². The van der Waals surface area contributed by atoms with Gasteiger partial charge in [-0.25, -0.2) is 0 Å². The number of aliphatic hydroxyl groups excluding tert-OH is 1. The Hall–Kier alpha value is -0.910. The van der Waals surface area contributed by atoms with E-state index in [1.54, 1.807) is 30.4 Å². The van der Waals surface area contributed by atoms with Gasteiger partial charge >= 0.3 is 0 Å². The van der Waals surface area contributed by atoms with Crippen LogP contribution in [0.15, 0.2) is 17.5 Å². The molecule has 1 aliphatic carbocycles. The summed E-state index contributed by atoms with van der Waals surface area (Å²) in [5, 5.41) is 12.2. The number of likely N-dealkylation sites (N-methyl/N-ethyl adjacent to an activating group) is 1. The van der Waals surface area contributed by atoms with E-state index < -0.39 is 6.10 Å². The molecule has 0 aromatic carbocycles. The molecule has 0 unspecified atom stereocenters. The van der Waals surface area contributed by atoms with Crippen LogP contribution in [0, 0.1) is 0 Å². The Morgan fingerprint density at radius 2 is 2.37 bits per heavy atom. The van der Waals surface area contributed by atoms with E-state index in [2.05, 4.69) is 0 Å². The van der Waals surface area contributed by atoms with Crippen molar-refractivity contribution in [2.75, 3.05) is 14.2 Å². The molecule has 0 aliphatic heterocycles. The molecule has 3 atom stereocenters. The smallest absolute Gasteiger partial charge is 0.227 e. The third-order valence-corrected chi connectivity index (χ3v) is 4.74. The summed E-state index contributed by atoms with van der Waals surface area (Å²) in [6, 6.07) is 3.78. The Labute approximate surface area is 118 Å². The number of methoxy groups -OCH3 is 1. The zero-order valence-electron chi connectivity index (χ0n) is 11.4. The van der Waals surface area contributed by atoms with Gasteiger partial charge in [-0.05, 0) is 30.7 Å². The number of carbonyl (C=O) groups excluding carboxylic acids is 1. The molecule has 1 heterocycles. The topological polar surface area (TPSA) is 49.8 Å². The van der Waals surface area contributed by atoms with Gasteiger partial charge in [0.25, 0.3) is 0 Å². The van der Waals surface area contributed by atoms with Crippen LogP contribution < -0.4 is 0 Å². The summed E-state index contributed by atoms with van der Waals surface area (Å²) in [5.41, 5.74) is 0. The fourth-order valence-electron chi connectivity index (χ4n) is 2.67. The van der Waals surface area contributed by atoms with Crippen molar-refractivity contribution in [1.82, 2.24) is 4.90 Å². The maximum atomic E-state index is 12.2. The van der Waals surface area contributed by atoms with Crippen LogP contribution in [-0.4, -0.2) is 48.3 Å². The number of ether oxygens (including phenoxy) is 1. The molecule has 106 valence electrons. The maximum Gasteiger partial charge on any atom is 0.227 e. The highest BCUT2D eigenvalue weighted by Gasteiger charge is 2.35. The fourth-order valence-corrected chi connectivity index (χ4v) is 3.37. The Bertz CT molecular complexity index is 407. The number of amides is 1. The van der Waals surface area contributed by atoms with Crippen molar-refractivity contribution in [1.29, 1.82) is 0 Å². The predicted octanol–water partition coefficient (Wildman–Crippen LogP) is 1.68. The lowest BCUT2D eigenvalue weighted by Crippen LogP contribution is -2.52. The molecule has 1 fully saturated rings. The summed E-state index contributed by atoms with van der Waals surface area (Å²) < 4.78 is 5.28. The Morgan fingerprint density at radius 1 is 1.58 bits per heavy atom. The first-order valence-corrected chi connectivity index (χ1v) is 7.50. The molecule has 19 heavy (non-hydrogen) atoms. The molecule has 2 rings (SSSR count). The second-order valence-electron chi connectivity index (χ2n) is 5.02. The maximum absolute atomic E-state index is 12.2. The van der Waals surface area contributed by atoms with Gasteiger partial charge in [-0.1, -0.05) is 6.07 Å². The van der Waals surface area contributed by atoms with Crippen molar-refractivity contribution in [3.8, 4) is 0 Å². The second kappa shape index (κ2) is 6.50. The minimum atomic E-state index is -0.587. The van der Waals surface area contributed by atoms with Gasteiger partial charge in [0.1, 0.15) is 6.10 Å². The summed E-state index contributed by atoms with van der Waals surface area (Å²) in [6.07, 6.45) is 2.35. The van der Waals surface area contributed by atoms with Gasteiger partial charge in [0.05, 0.1) is 18.6 Å². The first-order valence-electron chi connectivity index (χ1n) is 6.62. The van der Waals surface area contributed by atoms with Crippen LogP contribution in [0.2, 0.25) is 0 Å². The normalized spacial score (nSPS) is 27.2. The summed E-state index contributed by atoms with van der Waals surface area (Å²) in [6.45, 7) is 0. The number of thiophene rings is 1. The molecule has 0 saturated heterocycles. The van der Waals surface area contributed by atoms with E-state index in [1.807, 2.05) is 17.5 Å². The Kier molecular flexibility index (Phi) is 4.96. The van der Waals surface area contributed by atoms with E-state index in [9.17, 15) is 9.90 Å². The van der Waals surface area contributed by atoms with Crippen LogP contribution in [0.3, 0.4) is 0 Å². The number of hydrogen-bond donors (Lipinski definition) is 1. The molecular formula is C14H21NO3S. The van der Waals surface area contributed by atoms with Crippen LogP contribution >= 0.6 is 11.3 Å². The van der Waals surface area contributed by atoms with Gasteiger partial charge in [0.2, 0.25) is 5.91 Å². The highest BCUT2D eigenvalue weighted by molar-refractivity contribution is 7.10. The summed E-state index contributed by atoms with van der Waals surface area (Å²) in [4.78, 5) is 15.0. The van der Waals surface area contributed by atoms with Crippen molar-refractivity contribution in [3.05, 3.63) is 22.4 Å². The molecule has 0 radical (unpaired) electrons. The molecule has 0 spiro atoms. The van der Waals surface area contributed by atoms with Crippen molar-refractivity contribution >= 4 is 17.2 Å². The average molecular weight is 283 g/mol. The molecule has 1 aliphatic rings. The van der Waals surface area contributed by atoms with E-state index >= 15 is 0 Å². The highest BCUT2D eigenvalue weighted by atomic mass is 32.1. The molecule has 1 aromatic heterocycles. The van der Waals surface area contributed by atoms with Crippen molar-refractivity contribution in [2.45, 2.75) is 43.9 Å². The summed E-state index contributed by atoms with van der Waals surface area (Å²) in [5.74, 6) is 0.0586. The zero-order chi connectivity index (χ0) is 13.8. The summed E-state index contributed by atoms with van der Waals surface area (Å²) in [7, 11) is 3.39. The number of aliphatic hydroxyl groups is 1. The van der Waals surface area contributed by atoms with Crippen LogP contribution in [0.5, 0.6) is 0 Å². The number of nitrogens with zero attached hydrogens (tertiary/aromatic N) is 1. The van der Waals surface area contributed by atoms with E-state index in [-0.39, 0.29) is 18.1 Å². The van der Waals surface area contributed by atoms with E-state index in [1.165, 1.54) is 0 Å². The lowest BCUT2D eigenvalue weighted by atomic mass is 9.89. The largest absolute Gasteiger partial charge is 0.388 e. The lowest BCUT2D eigenvalue weighted by Gasteiger charge is -2.39. The van der Waals surface area contributed by atoms with Crippen molar-refractivity contribution in [3.63, 3.8) is 0 Å². The predicted molar refractivity (Wildman–Crippen MR) is 75.2 cm³/mol. The third-order valence-electron chi connectivity index (χ3n) is 3.86. The SMILES string of the molecule is CO[C@@H]1CCC[C@@H](N(C)C(=O)Cc2cccs2)[C@H]1O. The number of rotatable bonds is 4. The van der Waals surface area contributed by atoms with E-state index in [0.29, 0.717) is 6.42 Å². The Balaban J connectivity index is 1.97. The van der Waals surface area contributed by atoms with E-state index in [4.69, 9.17) is 4.74 Å². The monoisotopic (exact) mass is 283 g/mol. The van der Waals surface area contributed by atoms with E-state index in [0.717, 1.165) is 24.1 Å². The van der Waals surface area contributed by atoms with Crippen LogP contribution in [0.25, 0.3) is 0 Å². The van der Waals surface area contributed by atoms with Gasteiger partial charge in [0.15, 0.2) is 0 Å². The zero-order valence-corrected chi connectivity index (χ0v) is 12.2. The first kappa shape index (κ1) is 14.5. The molecule has 1 saturated carbocycles. The van der Waals surface area contributed by atoms with Crippen molar-refractivity contribution < 1.29 is 14.6 Å². The molecule has 5 heteroatoms. The van der Waals surface area contributed by atoms with Gasteiger partial charge in [-0.15, -0.1) is 11.3 Å². The van der Waals surface area contributed by atoms with Crippen molar-refractivity contribution in [2.24, 2.45) is 0 Å². The summed E-state index contributed by atoms with van der Waals surface area (Å²) >= 11 is 1.59. The number of hydrogen-bond acceptors (Lipinski definition) is 4. The standard InChI is InChI=1S/C14H21NO3S/c1-15(13(16)9-10-5-4-8-19-10)11-6-3-7-12(18-2)14(11)17/h4-5,8,11-12,14,17H,3,6-7,9H2,1-2H3/t11-,12-,14-/m1/s1. The van der Waals surface area contributed by atoms with Crippen LogP contribution in [0.1, 0.15) is 24.1 Å². The van der Waals surface area contributed by atoms with Crippen LogP contribution in [0.4, 0.5) is 0 Å². The highest BCUT2D eigenvalue weighted by Crippen LogP contribution is 2.25. The Morgan fingerprint density at radius 3 is 3.00 bits per heavy atom. The molecule has 1 amide bonds. The van der Waals surface area contributed by atoms with Gasteiger partial charge in [0, 0.05) is 19.0 Å². The first-order chi connectivity index (χ1) is 9.13. The third kappa shape index (κ3) is 3.35. The quantitative estimate of drug-likeness (QED) is 0.914. The molecule has 1 aromatic rings.